The fourth-order valence-electron chi connectivity index (χ4n) is 2.03. The van der Waals surface area contributed by atoms with E-state index >= 15 is 0 Å². The lowest BCUT2D eigenvalue weighted by molar-refractivity contribution is 0.435. The molecule has 0 amide bonds. The highest BCUT2D eigenvalue weighted by atomic mass is 19.2. The standard InChI is InChI=1S/C15H9F3N2O/c16-10-4-1-8(2-5-10)13-14(21-20-15(13)19)9-3-6-11(17)12(18)7-9/h1-7H,(H2,19,20). The van der Waals surface area contributed by atoms with Crippen molar-refractivity contribution in [1.82, 2.24) is 5.16 Å². The average molecular weight is 290 g/mol. The molecule has 1 heterocycles. The minimum absolute atomic E-state index is 0.0846. The van der Waals surface area contributed by atoms with Crippen LogP contribution < -0.4 is 5.73 Å². The third-order valence-electron chi connectivity index (χ3n) is 3.03. The Morgan fingerprint density at radius 1 is 0.857 bits per heavy atom. The minimum Gasteiger partial charge on any atom is -0.380 e. The molecule has 2 N–H and O–H groups in total. The number of anilines is 1. The molecular weight excluding hydrogens is 281 g/mol. The van der Waals surface area contributed by atoms with E-state index in [2.05, 4.69) is 5.16 Å². The summed E-state index contributed by atoms with van der Waals surface area (Å²) in [5, 5.41) is 3.64. The van der Waals surface area contributed by atoms with Gasteiger partial charge >= 0.3 is 0 Å². The average Bonchev–Trinajstić information content (AvgIpc) is 2.85. The molecule has 3 nitrogen and oxygen atoms in total. The van der Waals surface area contributed by atoms with Crippen LogP contribution in [-0.4, -0.2) is 5.16 Å². The summed E-state index contributed by atoms with van der Waals surface area (Å²) in [4.78, 5) is 0. The van der Waals surface area contributed by atoms with E-state index in [0.717, 1.165) is 12.1 Å². The minimum atomic E-state index is -1.01. The van der Waals surface area contributed by atoms with Crippen molar-refractivity contribution >= 4 is 5.82 Å². The molecule has 0 atom stereocenters. The summed E-state index contributed by atoms with van der Waals surface area (Å²) in [5.74, 6) is -2.09. The molecule has 2 aromatic carbocycles. The van der Waals surface area contributed by atoms with Gasteiger partial charge in [-0.2, -0.15) is 0 Å². The number of halogens is 3. The summed E-state index contributed by atoms with van der Waals surface area (Å²) >= 11 is 0. The first-order chi connectivity index (χ1) is 10.1. The number of benzene rings is 2. The molecule has 0 aliphatic rings. The molecule has 1 aromatic heterocycles. The maximum absolute atomic E-state index is 13.3. The highest BCUT2D eigenvalue weighted by Crippen LogP contribution is 2.36. The van der Waals surface area contributed by atoms with Gasteiger partial charge in [-0.25, -0.2) is 13.2 Å². The molecule has 0 unspecified atom stereocenters. The summed E-state index contributed by atoms with van der Waals surface area (Å²) in [6.45, 7) is 0. The molecule has 0 bridgehead atoms. The first-order valence-corrected chi connectivity index (χ1v) is 6.03. The van der Waals surface area contributed by atoms with E-state index in [1.807, 2.05) is 0 Å². The number of nitrogen functional groups attached to an aromatic ring is 1. The molecule has 0 saturated carbocycles. The number of nitrogens with two attached hydrogens (primary N) is 1. The molecule has 0 radical (unpaired) electrons. The van der Waals surface area contributed by atoms with Crippen LogP contribution in [0.1, 0.15) is 0 Å². The first-order valence-electron chi connectivity index (χ1n) is 6.03. The highest BCUT2D eigenvalue weighted by Gasteiger charge is 2.18. The quantitative estimate of drug-likeness (QED) is 0.776. The zero-order chi connectivity index (χ0) is 15.0. The lowest BCUT2D eigenvalue weighted by atomic mass is 10.0. The Morgan fingerprint density at radius 3 is 2.19 bits per heavy atom. The summed E-state index contributed by atoms with van der Waals surface area (Å²) in [6, 6.07) is 8.85. The van der Waals surface area contributed by atoms with E-state index in [4.69, 9.17) is 10.3 Å². The molecule has 3 aromatic rings. The maximum Gasteiger partial charge on any atom is 0.177 e. The van der Waals surface area contributed by atoms with Gasteiger partial charge in [0.05, 0.1) is 5.56 Å². The second kappa shape index (κ2) is 4.97. The van der Waals surface area contributed by atoms with Crippen molar-refractivity contribution in [3.8, 4) is 22.5 Å². The molecular formula is C15H9F3N2O. The first kappa shape index (κ1) is 13.2. The van der Waals surface area contributed by atoms with Crippen LogP contribution in [-0.2, 0) is 0 Å². The van der Waals surface area contributed by atoms with Crippen molar-refractivity contribution in [2.24, 2.45) is 0 Å². The number of hydrogen-bond donors (Lipinski definition) is 1. The molecule has 21 heavy (non-hydrogen) atoms. The van der Waals surface area contributed by atoms with Crippen LogP contribution in [0.3, 0.4) is 0 Å². The molecule has 0 aliphatic heterocycles. The van der Waals surface area contributed by atoms with Crippen molar-refractivity contribution in [2.75, 3.05) is 5.73 Å². The van der Waals surface area contributed by atoms with Crippen molar-refractivity contribution in [2.45, 2.75) is 0 Å². The summed E-state index contributed by atoms with van der Waals surface area (Å²) in [6.07, 6.45) is 0. The number of nitrogens with zero attached hydrogens (tertiary/aromatic N) is 1. The lowest BCUT2D eigenvalue weighted by Gasteiger charge is -2.03. The van der Waals surface area contributed by atoms with Crippen molar-refractivity contribution in [3.63, 3.8) is 0 Å². The van der Waals surface area contributed by atoms with E-state index in [-0.39, 0.29) is 17.1 Å². The van der Waals surface area contributed by atoms with Crippen LogP contribution >= 0.6 is 0 Å². The van der Waals surface area contributed by atoms with Gasteiger partial charge in [0.25, 0.3) is 0 Å². The molecule has 106 valence electrons. The Balaban J connectivity index is 2.16. The van der Waals surface area contributed by atoms with Crippen LogP contribution in [0.15, 0.2) is 47.0 Å². The molecule has 3 rings (SSSR count). The highest BCUT2D eigenvalue weighted by molar-refractivity contribution is 5.86. The second-order valence-corrected chi connectivity index (χ2v) is 4.41. The zero-order valence-electron chi connectivity index (χ0n) is 10.6. The summed E-state index contributed by atoms with van der Waals surface area (Å²) in [5.41, 5.74) is 7.01. The van der Waals surface area contributed by atoms with E-state index in [1.165, 1.54) is 30.3 Å². The van der Waals surface area contributed by atoms with Gasteiger partial charge in [-0.05, 0) is 35.9 Å². The van der Waals surface area contributed by atoms with Gasteiger partial charge < -0.3 is 10.3 Å². The van der Waals surface area contributed by atoms with Gasteiger partial charge in [-0.3, -0.25) is 0 Å². The molecule has 0 fully saturated rings. The molecule has 0 saturated heterocycles. The Hall–Kier alpha value is -2.76. The van der Waals surface area contributed by atoms with Gasteiger partial charge in [-0.1, -0.05) is 17.3 Å². The van der Waals surface area contributed by atoms with Crippen molar-refractivity contribution in [3.05, 3.63) is 59.9 Å². The molecule has 6 heteroatoms. The van der Waals surface area contributed by atoms with E-state index in [1.54, 1.807) is 0 Å². The van der Waals surface area contributed by atoms with Crippen LogP contribution in [0.4, 0.5) is 19.0 Å². The predicted molar refractivity (Wildman–Crippen MR) is 71.7 cm³/mol. The number of hydrogen-bond acceptors (Lipinski definition) is 3. The zero-order valence-corrected chi connectivity index (χ0v) is 10.6. The Kier molecular flexibility index (Phi) is 3.13. The van der Waals surface area contributed by atoms with Crippen molar-refractivity contribution < 1.29 is 17.7 Å². The summed E-state index contributed by atoms with van der Waals surface area (Å²) in [7, 11) is 0. The SMILES string of the molecule is Nc1noc(-c2ccc(F)c(F)c2)c1-c1ccc(F)cc1. The van der Waals surface area contributed by atoms with E-state index in [9.17, 15) is 13.2 Å². The number of rotatable bonds is 2. The fourth-order valence-corrected chi connectivity index (χ4v) is 2.03. The lowest BCUT2D eigenvalue weighted by Crippen LogP contribution is -1.90. The summed E-state index contributed by atoms with van der Waals surface area (Å²) < 4.78 is 44.4. The van der Waals surface area contributed by atoms with Gasteiger partial charge in [-0.15, -0.1) is 0 Å². The van der Waals surface area contributed by atoms with Gasteiger partial charge in [0.1, 0.15) is 5.82 Å². The molecule has 0 spiro atoms. The van der Waals surface area contributed by atoms with Gasteiger partial charge in [0.15, 0.2) is 23.2 Å². The smallest absolute Gasteiger partial charge is 0.177 e. The normalized spacial score (nSPS) is 10.8. The van der Waals surface area contributed by atoms with Gasteiger partial charge in [0.2, 0.25) is 0 Å². The van der Waals surface area contributed by atoms with Crippen LogP contribution in [0.5, 0.6) is 0 Å². The topological polar surface area (TPSA) is 52.0 Å². The third kappa shape index (κ3) is 2.35. The predicted octanol–water partition coefficient (Wildman–Crippen LogP) is 4.01. The second-order valence-electron chi connectivity index (χ2n) is 4.41. The van der Waals surface area contributed by atoms with Crippen LogP contribution in [0, 0.1) is 17.5 Å². The Bertz CT molecular complexity index is 797. The maximum atomic E-state index is 13.3. The number of aromatic nitrogens is 1. The largest absolute Gasteiger partial charge is 0.380 e. The molecule has 0 aliphatic carbocycles. The van der Waals surface area contributed by atoms with Crippen molar-refractivity contribution in [1.29, 1.82) is 0 Å². The Labute approximate surface area is 117 Å². The van der Waals surface area contributed by atoms with E-state index in [0.29, 0.717) is 11.1 Å². The van der Waals surface area contributed by atoms with Crippen LogP contribution in [0.25, 0.3) is 22.5 Å². The van der Waals surface area contributed by atoms with Gasteiger partial charge in [0, 0.05) is 5.56 Å². The fraction of sp³-hybridized carbons (Fsp3) is 0. The monoisotopic (exact) mass is 290 g/mol. The third-order valence-corrected chi connectivity index (χ3v) is 3.03. The van der Waals surface area contributed by atoms with Crippen LogP contribution in [0.2, 0.25) is 0 Å². The van der Waals surface area contributed by atoms with E-state index < -0.39 is 17.5 Å². The Morgan fingerprint density at radius 2 is 1.52 bits per heavy atom.